The molecule has 1 fully saturated rings. The summed E-state index contributed by atoms with van der Waals surface area (Å²) in [6, 6.07) is 8.99. The van der Waals surface area contributed by atoms with Crippen molar-refractivity contribution >= 4 is 17.6 Å². The number of ether oxygens (including phenoxy) is 1. The second-order valence-corrected chi connectivity index (χ2v) is 4.38. The van der Waals surface area contributed by atoms with Gasteiger partial charge in [0.2, 0.25) is 0 Å². The normalized spacial score (nSPS) is 25.1. The van der Waals surface area contributed by atoms with Gasteiger partial charge in [0.1, 0.15) is 6.10 Å². The van der Waals surface area contributed by atoms with Crippen molar-refractivity contribution in [2.24, 2.45) is 0 Å². The number of piperidine rings is 1. The Balaban J connectivity index is 1.96. The van der Waals surface area contributed by atoms with Crippen molar-refractivity contribution in [2.45, 2.75) is 17.9 Å². The van der Waals surface area contributed by atoms with E-state index in [0.717, 1.165) is 13.0 Å². The number of carbonyl (C=O) groups is 1. The molecule has 1 saturated heterocycles. The van der Waals surface area contributed by atoms with E-state index in [2.05, 4.69) is 5.32 Å². The van der Waals surface area contributed by atoms with Gasteiger partial charge >= 0.3 is 5.97 Å². The Kier molecular flexibility index (Phi) is 3.80. The number of carbonyl (C=O) groups excluding carboxylic acids is 1. The molecule has 0 aromatic heterocycles. The lowest BCUT2D eigenvalue weighted by Gasteiger charge is -2.27. The molecule has 86 valence electrons. The summed E-state index contributed by atoms with van der Waals surface area (Å²) in [6.07, 6.45) is 0.586. The first-order valence-corrected chi connectivity index (χ1v) is 5.82. The molecule has 0 aliphatic carbocycles. The number of alkyl halides is 1. The minimum absolute atomic E-state index is 0.138. The van der Waals surface area contributed by atoms with Crippen molar-refractivity contribution in [3.8, 4) is 0 Å². The Hall–Kier alpha value is -1.06. The fourth-order valence-electron chi connectivity index (χ4n) is 1.71. The van der Waals surface area contributed by atoms with Crippen LogP contribution in [-0.4, -0.2) is 30.5 Å². The molecular formula is C12H14ClNO2. The third-order valence-electron chi connectivity index (χ3n) is 2.62. The standard InChI is InChI=1S/C12H14ClNO2/c13-10-8-14-7-6-11(10)16-12(15)9-4-2-1-3-5-9/h1-5,10-11,14H,6-8H2. The lowest BCUT2D eigenvalue weighted by atomic mass is 10.1. The summed E-state index contributed by atoms with van der Waals surface area (Å²) in [7, 11) is 0. The Morgan fingerprint density at radius 1 is 1.38 bits per heavy atom. The third-order valence-corrected chi connectivity index (χ3v) is 3.05. The van der Waals surface area contributed by atoms with E-state index in [0.29, 0.717) is 12.1 Å². The molecule has 4 heteroatoms. The van der Waals surface area contributed by atoms with Crippen molar-refractivity contribution in [1.29, 1.82) is 0 Å². The molecule has 0 bridgehead atoms. The number of hydrogen-bond donors (Lipinski definition) is 1. The summed E-state index contributed by atoms with van der Waals surface area (Å²) >= 11 is 6.07. The predicted octanol–water partition coefficient (Wildman–Crippen LogP) is 1.81. The van der Waals surface area contributed by atoms with Crippen LogP contribution in [0.3, 0.4) is 0 Å². The molecule has 3 nitrogen and oxygen atoms in total. The molecule has 1 N–H and O–H groups in total. The predicted molar refractivity (Wildman–Crippen MR) is 62.8 cm³/mol. The maximum atomic E-state index is 11.8. The van der Waals surface area contributed by atoms with Gasteiger partial charge in [-0.1, -0.05) is 18.2 Å². The SMILES string of the molecule is O=C(OC1CCNCC1Cl)c1ccccc1. The first kappa shape index (κ1) is 11.4. The summed E-state index contributed by atoms with van der Waals surface area (Å²) in [5, 5.41) is 3.02. The monoisotopic (exact) mass is 239 g/mol. The summed E-state index contributed by atoms with van der Waals surface area (Å²) in [6.45, 7) is 1.53. The van der Waals surface area contributed by atoms with E-state index in [1.807, 2.05) is 18.2 Å². The third kappa shape index (κ3) is 2.74. The van der Waals surface area contributed by atoms with E-state index in [1.54, 1.807) is 12.1 Å². The van der Waals surface area contributed by atoms with Crippen LogP contribution < -0.4 is 5.32 Å². The molecule has 0 amide bonds. The van der Waals surface area contributed by atoms with E-state index >= 15 is 0 Å². The Bertz CT molecular complexity index is 355. The quantitative estimate of drug-likeness (QED) is 0.632. The number of esters is 1. The highest BCUT2D eigenvalue weighted by Crippen LogP contribution is 2.16. The van der Waals surface area contributed by atoms with E-state index in [1.165, 1.54) is 0 Å². The van der Waals surface area contributed by atoms with Gasteiger partial charge < -0.3 is 10.1 Å². The van der Waals surface area contributed by atoms with Crippen LogP contribution in [0.2, 0.25) is 0 Å². The largest absolute Gasteiger partial charge is 0.457 e. The van der Waals surface area contributed by atoms with Crippen LogP contribution in [0.4, 0.5) is 0 Å². The number of hydrogen-bond acceptors (Lipinski definition) is 3. The molecule has 0 radical (unpaired) electrons. The summed E-state index contributed by atoms with van der Waals surface area (Å²) in [4.78, 5) is 11.8. The molecule has 1 aromatic rings. The van der Waals surface area contributed by atoms with Gasteiger partial charge in [-0.25, -0.2) is 4.79 Å². The number of benzene rings is 1. The molecular weight excluding hydrogens is 226 g/mol. The molecule has 2 atom stereocenters. The molecule has 0 spiro atoms. The molecule has 16 heavy (non-hydrogen) atoms. The van der Waals surface area contributed by atoms with Gasteiger partial charge in [0, 0.05) is 6.54 Å². The highest BCUT2D eigenvalue weighted by Gasteiger charge is 2.26. The van der Waals surface area contributed by atoms with Crippen LogP contribution in [0.25, 0.3) is 0 Å². The summed E-state index contributed by atoms with van der Waals surface area (Å²) in [5.74, 6) is -0.293. The minimum Gasteiger partial charge on any atom is -0.457 e. The van der Waals surface area contributed by atoms with E-state index in [4.69, 9.17) is 16.3 Å². The van der Waals surface area contributed by atoms with Crippen LogP contribution in [-0.2, 0) is 4.74 Å². The molecule has 2 unspecified atom stereocenters. The Morgan fingerprint density at radius 2 is 2.12 bits per heavy atom. The van der Waals surface area contributed by atoms with Crippen LogP contribution >= 0.6 is 11.6 Å². The first-order valence-electron chi connectivity index (χ1n) is 5.38. The van der Waals surface area contributed by atoms with Gasteiger partial charge in [0.15, 0.2) is 0 Å². The van der Waals surface area contributed by atoms with Gasteiger partial charge in [-0.2, -0.15) is 0 Å². The van der Waals surface area contributed by atoms with Crippen molar-refractivity contribution in [3.63, 3.8) is 0 Å². The molecule has 1 aliphatic heterocycles. The molecule has 1 heterocycles. The zero-order valence-corrected chi connectivity index (χ0v) is 9.61. The van der Waals surface area contributed by atoms with Crippen molar-refractivity contribution in [2.75, 3.05) is 13.1 Å². The maximum absolute atomic E-state index is 11.8. The number of halogens is 1. The van der Waals surface area contributed by atoms with Crippen LogP contribution in [0, 0.1) is 0 Å². The van der Waals surface area contributed by atoms with Gasteiger partial charge in [-0.3, -0.25) is 0 Å². The second-order valence-electron chi connectivity index (χ2n) is 3.82. The van der Waals surface area contributed by atoms with E-state index in [-0.39, 0.29) is 17.5 Å². The van der Waals surface area contributed by atoms with Crippen molar-refractivity contribution in [3.05, 3.63) is 35.9 Å². The van der Waals surface area contributed by atoms with Crippen molar-refractivity contribution in [1.82, 2.24) is 5.32 Å². The van der Waals surface area contributed by atoms with E-state index in [9.17, 15) is 4.79 Å². The fourth-order valence-corrected chi connectivity index (χ4v) is 2.00. The highest BCUT2D eigenvalue weighted by atomic mass is 35.5. The zero-order valence-electron chi connectivity index (χ0n) is 8.86. The maximum Gasteiger partial charge on any atom is 0.338 e. The summed E-state index contributed by atoms with van der Waals surface area (Å²) < 4.78 is 5.38. The lowest BCUT2D eigenvalue weighted by Crippen LogP contribution is -2.43. The molecule has 1 aliphatic rings. The highest BCUT2D eigenvalue weighted by molar-refractivity contribution is 6.21. The average molecular weight is 240 g/mol. The van der Waals surface area contributed by atoms with Crippen LogP contribution in [0.5, 0.6) is 0 Å². The summed E-state index contributed by atoms with van der Waals surface area (Å²) in [5.41, 5.74) is 0.574. The lowest BCUT2D eigenvalue weighted by molar-refractivity contribution is 0.0240. The number of rotatable bonds is 2. The zero-order chi connectivity index (χ0) is 11.4. The second kappa shape index (κ2) is 5.32. The Labute approximate surface area is 99.7 Å². The van der Waals surface area contributed by atoms with Crippen LogP contribution in [0.15, 0.2) is 30.3 Å². The van der Waals surface area contributed by atoms with Crippen LogP contribution in [0.1, 0.15) is 16.8 Å². The average Bonchev–Trinajstić information content (AvgIpc) is 2.33. The molecule has 1 aromatic carbocycles. The van der Waals surface area contributed by atoms with Gasteiger partial charge in [-0.05, 0) is 25.1 Å². The van der Waals surface area contributed by atoms with Crippen molar-refractivity contribution < 1.29 is 9.53 Å². The molecule has 0 saturated carbocycles. The Morgan fingerprint density at radius 3 is 2.81 bits per heavy atom. The smallest absolute Gasteiger partial charge is 0.338 e. The minimum atomic E-state index is -0.293. The van der Waals surface area contributed by atoms with E-state index < -0.39 is 0 Å². The molecule has 2 rings (SSSR count). The fraction of sp³-hybridized carbons (Fsp3) is 0.417. The topological polar surface area (TPSA) is 38.3 Å². The first-order chi connectivity index (χ1) is 7.77. The van der Waals surface area contributed by atoms with Gasteiger partial charge in [0.05, 0.1) is 10.9 Å². The number of nitrogens with one attached hydrogen (secondary N) is 1. The van der Waals surface area contributed by atoms with Gasteiger partial charge in [0.25, 0.3) is 0 Å². The van der Waals surface area contributed by atoms with Gasteiger partial charge in [-0.15, -0.1) is 11.6 Å².